The van der Waals surface area contributed by atoms with Crippen molar-refractivity contribution in [1.29, 1.82) is 0 Å². The summed E-state index contributed by atoms with van der Waals surface area (Å²) in [6.07, 6.45) is -0.174. The molecule has 5 nitrogen and oxygen atoms in total. The molecule has 0 saturated carbocycles. The molecule has 1 heterocycles. The Labute approximate surface area is 160 Å². The third kappa shape index (κ3) is 3.45. The van der Waals surface area contributed by atoms with Gasteiger partial charge in [0.1, 0.15) is 0 Å². The highest BCUT2D eigenvalue weighted by molar-refractivity contribution is 6.39. The van der Waals surface area contributed by atoms with Gasteiger partial charge in [-0.3, -0.25) is 4.79 Å². The van der Waals surface area contributed by atoms with Gasteiger partial charge < -0.3 is 19.6 Å². The number of halogens is 2. The molecular formula is C19H17Cl2NO4. The van der Waals surface area contributed by atoms with E-state index >= 15 is 0 Å². The second kappa shape index (κ2) is 7.48. The zero-order valence-electron chi connectivity index (χ0n) is 14.2. The van der Waals surface area contributed by atoms with Gasteiger partial charge in [0.05, 0.1) is 30.9 Å². The first kappa shape index (κ1) is 18.4. The van der Waals surface area contributed by atoms with Gasteiger partial charge in [-0.2, -0.15) is 0 Å². The Morgan fingerprint density at radius 2 is 1.96 bits per heavy atom. The predicted octanol–water partition coefficient (Wildman–Crippen LogP) is 5.18. The van der Waals surface area contributed by atoms with Crippen LogP contribution in [0.5, 0.6) is 11.5 Å². The minimum absolute atomic E-state index is 0.174. The third-order valence-corrected chi connectivity index (χ3v) is 4.51. The smallest absolute Gasteiger partial charge is 0.307 e. The van der Waals surface area contributed by atoms with Gasteiger partial charge in [-0.05, 0) is 42.8 Å². The molecule has 0 saturated heterocycles. The van der Waals surface area contributed by atoms with Crippen molar-refractivity contribution in [2.75, 3.05) is 13.7 Å². The van der Waals surface area contributed by atoms with Crippen LogP contribution < -0.4 is 9.47 Å². The first-order valence-corrected chi connectivity index (χ1v) is 8.72. The Hall–Kier alpha value is -2.37. The Bertz CT molecular complexity index is 981. The lowest BCUT2D eigenvalue weighted by atomic mass is 10.0. The molecule has 0 aliphatic rings. The van der Waals surface area contributed by atoms with Crippen molar-refractivity contribution in [3.05, 3.63) is 45.9 Å². The molecule has 0 fully saturated rings. The van der Waals surface area contributed by atoms with Gasteiger partial charge in [0.25, 0.3) is 0 Å². The average molecular weight is 394 g/mol. The van der Waals surface area contributed by atoms with Crippen LogP contribution in [0.2, 0.25) is 10.0 Å². The van der Waals surface area contributed by atoms with Gasteiger partial charge in [0, 0.05) is 21.5 Å². The minimum atomic E-state index is -0.947. The zero-order chi connectivity index (χ0) is 18.8. The van der Waals surface area contributed by atoms with E-state index in [1.54, 1.807) is 25.3 Å². The van der Waals surface area contributed by atoms with E-state index in [1.807, 2.05) is 19.1 Å². The third-order valence-electron chi connectivity index (χ3n) is 4.00. The fourth-order valence-corrected chi connectivity index (χ4v) is 3.60. The number of benzene rings is 2. The maximum Gasteiger partial charge on any atom is 0.307 e. The van der Waals surface area contributed by atoms with E-state index in [2.05, 4.69) is 4.98 Å². The number of fused-ring (bicyclic) bond motifs is 1. The summed E-state index contributed by atoms with van der Waals surface area (Å²) in [4.78, 5) is 14.7. The number of nitrogens with one attached hydrogen (secondary N) is 1. The molecule has 0 radical (unpaired) electrons. The fraction of sp³-hybridized carbons (Fsp3) is 0.211. The number of carboxylic acid groups (broad SMARTS) is 1. The maximum atomic E-state index is 11.4. The largest absolute Gasteiger partial charge is 0.493 e. The van der Waals surface area contributed by atoms with Gasteiger partial charge in [0.15, 0.2) is 11.5 Å². The molecule has 2 N–H and O–H groups in total. The van der Waals surface area contributed by atoms with E-state index in [0.717, 1.165) is 5.56 Å². The van der Waals surface area contributed by atoms with Crippen LogP contribution in [0.4, 0.5) is 0 Å². The van der Waals surface area contributed by atoms with Gasteiger partial charge in [0.2, 0.25) is 0 Å². The van der Waals surface area contributed by atoms with Crippen LogP contribution in [0.1, 0.15) is 12.5 Å². The van der Waals surface area contributed by atoms with E-state index < -0.39 is 5.97 Å². The second-order valence-electron chi connectivity index (χ2n) is 5.66. The van der Waals surface area contributed by atoms with E-state index in [-0.39, 0.29) is 6.42 Å². The first-order chi connectivity index (χ1) is 12.4. The Morgan fingerprint density at radius 3 is 2.62 bits per heavy atom. The Balaban J connectivity index is 2.25. The number of ether oxygens (including phenoxy) is 2. The Kier molecular flexibility index (Phi) is 5.30. The minimum Gasteiger partial charge on any atom is -0.493 e. The van der Waals surface area contributed by atoms with Crippen molar-refractivity contribution in [3.63, 3.8) is 0 Å². The standard InChI is InChI=1S/C19H17Cl2NO4/c1-3-26-16-6-10(4-5-15(16)25-2)19-12(9-17(23)24)18-13(21)7-11(20)8-14(18)22-19/h4-8,22H,3,9H2,1-2H3,(H,23,24). The van der Waals surface area contributed by atoms with Crippen molar-refractivity contribution in [2.24, 2.45) is 0 Å². The molecule has 0 aliphatic heterocycles. The summed E-state index contributed by atoms with van der Waals surface area (Å²) in [6.45, 7) is 2.36. The molecular weight excluding hydrogens is 377 g/mol. The van der Waals surface area contributed by atoms with Crippen LogP contribution in [0.25, 0.3) is 22.2 Å². The number of aliphatic carboxylic acids is 1. The van der Waals surface area contributed by atoms with Crippen molar-refractivity contribution in [2.45, 2.75) is 13.3 Å². The van der Waals surface area contributed by atoms with Gasteiger partial charge >= 0.3 is 5.97 Å². The zero-order valence-corrected chi connectivity index (χ0v) is 15.7. The number of aromatic amines is 1. The van der Waals surface area contributed by atoms with Crippen molar-refractivity contribution >= 4 is 40.1 Å². The van der Waals surface area contributed by atoms with E-state index in [1.165, 1.54) is 0 Å². The van der Waals surface area contributed by atoms with E-state index in [0.29, 0.717) is 50.3 Å². The molecule has 3 rings (SSSR count). The SMILES string of the molecule is CCOc1cc(-c2[nH]c3cc(Cl)cc(Cl)c3c2CC(=O)O)ccc1OC. The number of hydrogen-bond acceptors (Lipinski definition) is 3. The lowest BCUT2D eigenvalue weighted by Crippen LogP contribution is -2.01. The highest BCUT2D eigenvalue weighted by Crippen LogP contribution is 2.39. The second-order valence-corrected chi connectivity index (χ2v) is 6.50. The Morgan fingerprint density at radius 1 is 1.19 bits per heavy atom. The number of hydrogen-bond donors (Lipinski definition) is 2. The van der Waals surface area contributed by atoms with Crippen LogP contribution >= 0.6 is 23.2 Å². The van der Waals surface area contributed by atoms with E-state index in [9.17, 15) is 9.90 Å². The molecule has 0 bridgehead atoms. The van der Waals surface area contributed by atoms with Crippen molar-refractivity contribution in [3.8, 4) is 22.8 Å². The molecule has 0 atom stereocenters. The number of methoxy groups -OCH3 is 1. The summed E-state index contributed by atoms with van der Waals surface area (Å²) in [5.41, 5.74) is 2.72. The summed E-state index contributed by atoms with van der Waals surface area (Å²) < 4.78 is 10.9. The molecule has 0 unspecified atom stereocenters. The van der Waals surface area contributed by atoms with Crippen LogP contribution in [0.15, 0.2) is 30.3 Å². The summed E-state index contributed by atoms with van der Waals surface area (Å²) >= 11 is 12.4. The highest BCUT2D eigenvalue weighted by atomic mass is 35.5. The number of aromatic nitrogens is 1. The van der Waals surface area contributed by atoms with Crippen LogP contribution in [0, 0.1) is 0 Å². The van der Waals surface area contributed by atoms with Gasteiger partial charge in [-0.15, -0.1) is 0 Å². The van der Waals surface area contributed by atoms with Crippen molar-refractivity contribution < 1.29 is 19.4 Å². The van der Waals surface area contributed by atoms with E-state index in [4.69, 9.17) is 32.7 Å². The molecule has 0 amide bonds. The first-order valence-electron chi connectivity index (χ1n) is 7.97. The average Bonchev–Trinajstić information content (AvgIpc) is 2.92. The molecule has 26 heavy (non-hydrogen) atoms. The molecule has 7 heteroatoms. The monoisotopic (exact) mass is 393 g/mol. The fourth-order valence-electron chi connectivity index (χ4n) is 2.99. The number of carbonyl (C=O) groups is 1. The summed E-state index contributed by atoms with van der Waals surface area (Å²) in [6, 6.07) is 8.77. The molecule has 0 aliphatic carbocycles. The van der Waals surface area contributed by atoms with Gasteiger partial charge in [-0.25, -0.2) is 0 Å². The molecule has 3 aromatic rings. The molecule has 2 aromatic carbocycles. The lowest BCUT2D eigenvalue weighted by Gasteiger charge is -2.11. The predicted molar refractivity (Wildman–Crippen MR) is 103 cm³/mol. The quantitative estimate of drug-likeness (QED) is 0.605. The van der Waals surface area contributed by atoms with Crippen LogP contribution in [-0.4, -0.2) is 29.8 Å². The number of rotatable bonds is 6. The summed E-state index contributed by atoms with van der Waals surface area (Å²) in [5.74, 6) is 0.237. The normalized spacial score (nSPS) is 10.9. The van der Waals surface area contributed by atoms with Gasteiger partial charge in [-0.1, -0.05) is 23.2 Å². The topological polar surface area (TPSA) is 71.6 Å². The van der Waals surface area contributed by atoms with Crippen LogP contribution in [0.3, 0.4) is 0 Å². The number of H-pyrrole nitrogens is 1. The maximum absolute atomic E-state index is 11.4. The lowest BCUT2D eigenvalue weighted by molar-refractivity contribution is -0.136. The highest BCUT2D eigenvalue weighted by Gasteiger charge is 2.20. The van der Waals surface area contributed by atoms with Crippen LogP contribution in [-0.2, 0) is 11.2 Å². The molecule has 0 spiro atoms. The summed E-state index contributed by atoms with van der Waals surface area (Å²) in [5, 5.41) is 10.9. The summed E-state index contributed by atoms with van der Waals surface area (Å²) in [7, 11) is 1.57. The molecule has 1 aromatic heterocycles. The van der Waals surface area contributed by atoms with Crippen molar-refractivity contribution in [1.82, 2.24) is 4.98 Å². The number of carboxylic acids is 1. The molecule has 136 valence electrons.